The van der Waals surface area contributed by atoms with Crippen LogP contribution in [0.15, 0.2) is 12.2 Å². The highest BCUT2D eigenvalue weighted by Gasteiger charge is 1.98. The van der Waals surface area contributed by atoms with E-state index in [1.165, 1.54) is 24.8 Å². The minimum absolute atomic E-state index is 0.750. The lowest BCUT2D eigenvalue weighted by Crippen LogP contribution is -1.93. The van der Waals surface area contributed by atoms with E-state index in [1.54, 1.807) is 7.11 Å². The summed E-state index contributed by atoms with van der Waals surface area (Å²) in [6.45, 7) is 9.41. The first-order valence-corrected chi connectivity index (χ1v) is 4.82. The third kappa shape index (κ3) is 7.80. The number of rotatable bonds is 7. The Kier molecular flexibility index (Phi) is 7.17. The van der Waals surface area contributed by atoms with E-state index in [-0.39, 0.29) is 0 Å². The third-order valence-corrected chi connectivity index (χ3v) is 1.83. The zero-order chi connectivity index (χ0) is 9.40. The zero-order valence-corrected chi connectivity index (χ0v) is 8.73. The fraction of sp³-hybridized carbons (Fsp3) is 0.818. The van der Waals surface area contributed by atoms with Gasteiger partial charge in [0.1, 0.15) is 0 Å². The molecule has 0 aliphatic carbocycles. The standard InChI is InChI=1S/C11H22O/c1-10(2)9-11(3)7-5-6-8-12-4/h10H,3,5-9H2,1-2,4H3. The van der Waals surface area contributed by atoms with Gasteiger partial charge in [0, 0.05) is 13.7 Å². The summed E-state index contributed by atoms with van der Waals surface area (Å²) in [5.74, 6) is 0.750. The molecule has 0 radical (unpaired) electrons. The molecular formula is C11H22O. The van der Waals surface area contributed by atoms with Crippen LogP contribution >= 0.6 is 0 Å². The second-order valence-electron chi connectivity index (χ2n) is 3.80. The number of hydrogen-bond donors (Lipinski definition) is 0. The van der Waals surface area contributed by atoms with Gasteiger partial charge in [0.25, 0.3) is 0 Å². The van der Waals surface area contributed by atoms with Crippen LogP contribution in [0.5, 0.6) is 0 Å². The van der Waals surface area contributed by atoms with Crippen molar-refractivity contribution in [2.75, 3.05) is 13.7 Å². The van der Waals surface area contributed by atoms with Gasteiger partial charge in [0.15, 0.2) is 0 Å². The van der Waals surface area contributed by atoms with Crippen molar-refractivity contribution >= 4 is 0 Å². The van der Waals surface area contributed by atoms with Crippen LogP contribution in [0.1, 0.15) is 39.5 Å². The van der Waals surface area contributed by atoms with Crippen LogP contribution in [0.25, 0.3) is 0 Å². The van der Waals surface area contributed by atoms with Crippen molar-refractivity contribution in [1.82, 2.24) is 0 Å². The fourth-order valence-corrected chi connectivity index (χ4v) is 1.30. The molecule has 0 saturated carbocycles. The van der Waals surface area contributed by atoms with Crippen LogP contribution in [-0.2, 0) is 4.74 Å². The number of unbranched alkanes of at least 4 members (excludes halogenated alkanes) is 1. The maximum absolute atomic E-state index is 4.98. The van der Waals surface area contributed by atoms with Gasteiger partial charge in [-0.3, -0.25) is 0 Å². The van der Waals surface area contributed by atoms with Crippen molar-refractivity contribution in [3.05, 3.63) is 12.2 Å². The molecule has 0 aliphatic rings. The van der Waals surface area contributed by atoms with Gasteiger partial charge < -0.3 is 4.74 Å². The van der Waals surface area contributed by atoms with Crippen molar-refractivity contribution in [1.29, 1.82) is 0 Å². The Morgan fingerprint density at radius 3 is 2.50 bits per heavy atom. The Labute approximate surface area is 76.8 Å². The average molecular weight is 170 g/mol. The summed E-state index contributed by atoms with van der Waals surface area (Å²) in [6, 6.07) is 0. The van der Waals surface area contributed by atoms with Crippen LogP contribution in [0, 0.1) is 5.92 Å². The Hall–Kier alpha value is -0.300. The van der Waals surface area contributed by atoms with Crippen LogP contribution in [0.4, 0.5) is 0 Å². The predicted octanol–water partition coefficient (Wildman–Crippen LogP) is 3.41. The smallest absolute Gasteiger partial charge is 0.0462 e. The normalized spacial score (nSPS) is 10.7. The number of ether oxygens (including phenoxy) is 1. The lowest BCUT2D eigenvalue weighted by Gasteiger charge is -2.07. The first-order valence-electron chi connectivity index (χ1n) is 4.82. The highest BCUT2D eigenvalue weighted by Crippen LogP contribution is 2.14. The van der Waals surface area contributed by atoms with Crippen LogP contribution in [0.3, 0.4) is 0 Å². The quantitative estimate of drug-likeness (QED) is 0.420. The van der Waals surface area contributed by atoms with E-state index in [0.29, 0.717) is 0 Å². The second kappa shape index (κ2) is 7.35. The summed E-state index contributed by atoms with van der Waals surface area (Å²) in [4.78, 5) is 0. The van der Waals surface area contributed by atoms with Gasteiger partial charge >= 0.3 is 0 Å². The largest absolute Gasteiger partial charge is 0.385 e. The molecule has 0 aromatic carbocycles. The summed E-state index contributed by atoms with van der Waals surface area (Å²) in [5.41, 5.74) is 1.39. The van der Waals surface area contributed by atoms with Crippen molar-refractivity contribution in [2.45, 2.75) is 39.5 Å². The summed E-state index contributed by atoms with van der Waals surface area (Å²) in [5, 5.41) is 0. The number of allylic oxidation sites excluding steroid dienone is 1. The minimum Gasteiger partial charge on any atom is -0.385 e. The third-order valence-electron chi connectivity index (χ3n) is 1.83. The number of methoxy groups -OCH3 is 1. The average Bonchev–Trinajstić information content (AvgIpc) is 1.97. The van der Waals surface area contributed by atoms with Gasteiger partial charge in [-0.2, -0.15) is 0 Å². The monoisotopic (exact) mass is 170 g/mol. The molecule has 0 unspecified atom stereocenters. The molecule has 0 saturated heterocycles. The molecule has 0 atom stereocenters. The highest BCUT2D eigenvalue weighted by molar-refractivity contribution is 4.94. The maximum Gasteiger partial charge on any atom is 0.0462 e. The Morgan fingerprint density at radius 2 is 2.00 bits per heavy atom. The van der Waals surface area contributed by atoms with Crippen molar-refractivity contribution in [3.8, 4) is 0 Å². The molecule has 0 amide bonds. The lowest BCUT2D eigenvalue weighted by molar-refractivity contribution is 0.193. The molecule has 0 aromatic heterocycles. The topological polar surface area (TPSA) is 9.23 Å². The van der Waals surface area contributed by atoms with Gasteiger partial charge in [0.2, 0.25) is 0 Å². The highest BCUT2D eigenvalue weighted by atomic mass is 16.5. The first-order chi connectivity index (χ1) is 5.66. The van der Waals surface area contributed by atoms with Gasteiger partial charge in [-0.15, -0.1) is 0 Å². The Balaban J connectivity index is 3.20. The second-order valence-corrected chi connectivity index (χ2v) is 3.80. The van der Waals surface area contributed by atoms with Gasteiger partial charge in [-0.1, -0.05) is 26.0 Å². The summed E-state index contributed by atoms with van der Waals surface area (Å²) >= 11 is 0. The van der Waals surface area contributed by atoms with E-state index in [1.807, 2.05) is 0 Å². The molecule has 0 aromatic rings. The maximum atomic E-state index is 4.98. The fourth-order valence-electron chi connectivity index (χ4n) is 1.30. The molecule has 1 nitrogen and oxygen atoms in total. The Morgan fingerprint density at radius 1 is 1.33 bits per heavy atom. The molecule has 0 aliphatic heterocycles. The van der Waals surface area contributed by atoms with E-state index in [9.17, 15) is 0 Å². The van der Waals surface area contributed by atoms with Crippen molar-refractivity contribution in [3.63, 3.8) is 0 Å². The summed E-state index contributed by atoms with van der Waals surface area (Å²) in [7, 11) is 1.75. The summed E-state index contributed by atoms with van der Waals surface area (Å²) < 4.78 is 4.98. The first kappa shape index (κ1) is 11.7. The van der Waals surface area contributed by atoms with Crippen LogP contribution in [-0.4, -0.2) is 13.7 Å². The molecule has 1 heteroatoms. The zero-order valence-electron chi connectivity index (χ0n) is 8.73. The van der Waals surface area contributed by atoms with Gasteiger partial charge in [-0.05, 0) is 31.6 Å². The molecule has 0 fully saturated rings. The van der Waals surface area contributed by atoms with Crippen LogP contribution < -0.4 is 0 Å². The van der Waals surface area contributed by atoms with Crippen LogP contribution in [0.2, 0.25) is 0 Å². The molecule has 72 valence electrons. The molecule has 12 heavy (non-hydrogen) atoms. The Bertz CT molecular complexity index is 116. The molecule has 0 bridgehead atoms. The van der Waals surface area contributed by atoms with Gasteiger partial charge in [-0.25, -0.2) is 0 Å². The van der Waals surface area contributed by atoms with E-state index >= 15 is 0 Å². The number of hydrogen-bond acceptors (Lipinski definition) is 1. The van der Waals surface area contributed by atoms with E-state index in [4.69, 9.17) is 4.74 Å². The molecular weight excluding hydrogens is 148 g/mol. The molecule has 0 N–H and O–H groups in total. The van der Waals surface area contributed by atoms with E-state index in [2.05, 4.69) is 20.4 Å². The lowest BCUT2D eigenvalue weighted by atomic mass is 10.00. The SMILES string of the molecule is C=C(CCCCOC)CC(C)C. The van der Waals surface area contributed by atoms with Gasteiger partial charge in [0.05, 0.1) is 0 Å². The predicted molar refractivity (Wildman–Crippen MR) is 54.3 cm³/mol. The molecule has 0 spiro atoms. The van der Waals surface area contributed by atoms with Crippen molar-refractivity contribution in [2.24, 2.45) is 5.92 Å². The van der Waals surface area contributed by atoms with E-state index in [0.717, 1.165) is 18.9 Å². The summed E-state index contributed by atoms with van der Waals surface area (Å²) in [6.07, 6.45) is 4.72. The van der Waals surface area contributed by atoms with E-state index < -0.39 is 0 Å². The molecule has 0 rings (SSSR count). The molecule has 0 heterocycles. The van der Waals surface area contributed by atoms with Crippen molar-refractivity contribution < 1.29 is 4.74 Å². The minimum atomic E-state index is 0.750.